The molecule has 1 aromatic heterocycles. The summed E-state index contributed by atoms with van der Waals surface area (Å²) < 4.78 is 0. The van der Waals surface area contributed by atoms with Gasteiger partial charge in [-0.3, -0.25) is 4.79 Å². The molecule has 0 atom stereocenters. The Hall–Kier alpha value is -1.93. The molecule has 0 radical (unpaired) electrons. The number of nitrogens with one attached hydrogen (secondary N) is 1. The van der Waals surface area contributed by atoms with Crippen molar-refractivity contribution in [3.8, 4) is 6.07 Å². The predicted octanol–water partition coefficient (Wildman–Crippen LogP) is 1.56. The lowest BCUT2D eigenvalue weighted by Gasteiger charge is -2.32. The Bertz CT molecular complexity index is 536. The highest BCUT2D eigenvalue weighted by atomic mass is 16.2. The molecule has 1 N–H and O–H groups in total. The number of rotatable bonds is 4. The Morgan fingerprint density at radius 2 is 2.10 bits per heavy atom. The van der Waals surface area contributed by atoms with Crippen LogP contribution in [0.25, 0.3) is 0 Å². The fourth-order valence-electron chi connectivity index (χ4n) is 2.69. The van der Waals surface area contributed by atoms with E-state index in [0.717, 1.165) is 38.4 Å². The number of hydrogen-bond acceptors (Lipinski definition) is 4. The van der Waals surface area contributed by atoms with Crippen LogP contribution >= 0.6 is 0 Å². The first-order valence-corrected chi connectivity index (χ1v) is 7.65. The van der Waals surface area contributed by atoms with Crippen molar-refractivity contribution in [3.05, 3.63) is 29.6 Å². The number of pyridine rings is 1. The average Bonchev–Trinajstić information content (AvgIpc) is 3.37. The Morgan fingerprint density at radius 3 is 2.67 bits per heavy atom. The summed E-state index contributed by atoms with van der Waals surface area (Å²) in [5.74, 6) is 0.868. The summed E-state index contributed by atoms with van der Waals surface area (Å²) in [6.45, 7) is 2.70. The van der Waals surface area contributed by atoms with Gasteiger partial charge in [0, 0.05) is 25.3 Å². The van der Waals surface area contributed by atoms with E-state index in [1.807, 2.05) is 11.0 Å². The van der Waals surface area contributed by atoms with Crippen LogP contribution in [-0.4, -0.2) is 41.5 Å². The minimum absolute atomic E-state index is 0.0277. The van der Waals surface area contributed by atoms with Crippen molar-refractivity contribution in [2.75, 3.05) is 19.6 Å². The Morgan fingerprint density at radius 1 is 1.33 bits per heavy atom. The van der Waals surface area contributed by atoms with Gasteiger partial charge < -0.3 is 10.2 Å². The lowest BCUT2D eigenvalue weighted by Crippen LogP contribution is -2.45. The number of hydrogen-bond donors (Lipinski definition) is 1. The van der Waals surface area contributed by atoms with Crippen molar-refractivity contribution >= 4 is 5.91 Å². The van der Waals surface area contributed by atoms with E-state index in [2.05, 4.69) is 10.3 Å². The number of piperidine rings is 1. The van der Waals surface area contributed by atoms with E-state index in [1.54, 1.807) is 12.1 Å². The summed E-state index contributed by atoms with van der Waals surface area (Å²) >= 11 is 0. The van der Waals surface area contributed by atoms with Crippen LogP contribution < -0.4 is 5.32 Å². The van der Waals surface area contributed by atoms with Crippen molar-refractivity contribution in [2.45, 2.75) is 31.7 Å². The van der Waals surface area contributed by atoms with Gasteiger partial charge >= 0.3 is 0 Å². The highest BCUT2D eigenvalue weighted by molar-refractivity contribution is 5.92. The third-order valence-corrected chi connectivity index (χ3v) is 4.29. The van der Waals surface area contributed by atoms with Gasteiger partial charge in [-0.2, -0.15) is 5.26 Å². The summed E-state index contributed by atoms with van der Waals surface area (Å²) in [6.07, 6.45) is 6.21. The van der Waals surface area contributed by atoms with Crippen molar-refractivity contribution in [3.63, 3.8) is 0 Å². The molecule has 3 rings (SSSR count). The molecule has 2 fully saturated rings. The molecule has 0 aromatic carbocycles. The zero-order chi connectivity index (χ0) is 14.7. The summed E-state index contributed by atoms with van der Waals surface area (Å²) in [5, 5.41) is 12.4. The Kier molecular flexibility index (Phi) is 4.16. The topological polar surface area (TPSA) is 69.0 Å². The first kappa shape index (κ1) is 14.0. The molecule has 110 valence electrons. The SMILES string of the molecule is N#Cc1ccc(C(=O)N2CCC(NCC3CC3)CC2)nc1. The number of nitriles is 1. The second-order valence-corrected chi connectivity index (χ2v) is 5.96. The van der Waals surface area contributed by atoms with E-state index in [0.29, 0.717) is 17.3 Å². The van der Waals surface area contributed by atoms with Crippen LogP contribution in [0.5, 0.6) is 0 Å². The molecule has 1 aromatic rings. The van der Waals surface area contributed by atoms with Gasteiger partial charge in [-0.25, -0.2) is 4.98 Å². The number of amides is 1. The molecular weight excluding hydrogens is 264 g/mol. The molecule has 1 aliphatic heterocycles. The molecule has 1 saturated carbocycles. The number of carbonyl (C=O) groups excluding carboxylic acids is 1. The number of aromatic nitrogens is 1. The van der Waals surface area contributed by atoms with Crippen LogP contribution in [0, 0.1) is 17.2 Å². The molecule has 0 bridgehead atoms. The van der Waals surface area contributed by atoms with E-state index < -0.39 is 0 Å². The number of likely N-dealkylation sites (tertiary alicyclic amines) is 1. The first-order valence-electron chi connectivity index (χ1n) is 7.65. The van der Waals surface area contributed by atoms with E-state index in [9.17, 15) is 4.79 Å². The average molecular weight is 284 g/mol. The third kappa shape index (κ3) is 3.59. The molecule has 21 heavy (non-hydrogen) atoms. The molecule has 0 spiro atoms. The summed E-state index contributed by atoms with van der Waals surface area (Å²) in [7, 11) is 0. The third-order valence-electron chi connectivity index (χ3n) is 4.29. The van der Waals surface area contributed by atoms with Crippen molar-refractivity contribution in [1.29, 1.82) is 5.26 Å². The fraction of sp³-hybridized carbons (Fsp3) is 0.562. The zero-order valence-electron chi connectivity index (χ0n) is 12.1. The Labute approximate surface area is 125 Å². The Balaban J connectivity index is 1.50. The number of nitrogens with zero attached hydrogens (tertiary/aromatic N) is 3. The predicted molar refractivity (Wildman–Crippen MR) is 78.6 cm³/mol. The molecule has 2 heterocycles. The summed E-state index contributed by atoms with van der Waals surface area (Å²) in [5.41, 5.74) is 0.910. The number of carbonyl (C=O) groups is 1. The van der Waals surface area contributed by atoms with Gasteiger partial charge in [0.25, 0.3) is 5.91 Å². The maximum Gasteiger partial charge on any atom is 0.272 e. The summed E-state index contributed by atoms with van der Waals surface area (Å²) in [4.78, 5) is 18.3. The van der Waals surface area contributed by atoms with Crippen molar-refractivity contribution < 1.29 is 4.79 Å². The van der Waals surface area contributed by atoms with Gasteiger partial charge in [0.05, 0.1) is 5.56 Å². The highest BCUT2D eigenvalue weighted by Gasteiger charge is 2.26. The van der Waals surface area contributed by atoms with Gasteiger partial charge in [0.1, 0.15) is 11.8 Å². The van der Waals surface area contributed by atoms with Crippen LogP contribution in [0.4, 0.5) is 0 Å². The van der Waals surface area contributed by atoms with Crippen LogP contribution in [0.2, 0.25) is 0 Å². The van der Waals surface area contributed by atoms with E-state index in [-0.39, 0.29) is 5.91 Å². The molecule has 0 unspecified atom stereocenters. The van der Waals surface area contributed by atoms with Gasteiger partial charge in [0.2, 0.25) is 0 Å². The molecule has 1 aliphatic carbocycles. The lowest BCUT2D eigenvalue weighted by atomic mass is 10.0. The monoisotopic (exact) mass is 284 g/mol. The molecule has 5 heteroatoms. The van der Waals surface area contributed by atoms with Crippen LogP contribution in [0.1, 0.15) is 41.7 Å². The maximum absolute atomic E-state index is 12.3. The van der Waals surface area contributed by atoms with Gasteiger partial charge in [-0.15, -0.1) is 0 Å². The van der Waals surface area contributed by atoms with Crippen molar-refractivity contribution in [1.82, 2.24) is 15.2 Å². The van der Waals surface area contributed by atoms with Crippen LogP contribution in [0.15, 0.2) is 18.3 Å². The van der Waals surface area contributed by atoms with E-state index >= 15 is 0 Å². The molecular formula is C16H20N4O. The maximum atomic E-state index is 12.3. The van der Waals surface area contributed by atoms with Gasteiger partial charge in [-0.05, 0) is 50.3 Å². The largest absolute Gasteiger partial charge is 0.337 e. The molecule has 1 saturated heterocycles. The highest BCUT2D eigenvalue weighted by Crippen LogP contribution is 2.28. The summed E-state index contributed by atoms with van der Waals surface area (Å²) in [6, 6.07) is 5.84. The van der Waals surface area contributed by atoms with Gasteiger partial charge in [-0.1, -0.05) is 0 Å². The second kappa shape index (κ2) is 6.23. The van der Waals surface area contributed by atoms with Crippen molar-refractivity contribution in [2.24, 2.45) is 5.92 Å². The zero-order valence-corrected chi connectivity index (χ0v) is 12.1. The second-order valence-electron chi connectivity index (χ2n) is 5.96. The molecule has 2 aliphatic rings. The standard InChI is InChI=1S/C16H20N4O/c17-9-13-3-4-15(19-11-13)16(21)20-7-5-14(6-8-20)18-10-12-1-2-12/h3-4,11-12,14,18H,1-2,5-8,10H2. The van der Waals surface area contributed by atoms with Crippen LogP contribution in [-0.2, 0) is 0 Å². The van der Waals surface area contributed by atoms with Crippen LogP contribution in [0.3, 0.4) is 0 Å². The minimum Gasteiger partial charge on any atom is -0.337 e. The normalized spacial score (nSPS) is 19.3. The van der Waals surface area contributed by atoms with E-state index in [1.165, 1.54) is 19.0 Å². The molecule has 5 nitrogen and oxygen atoms in total. The quantitative estimate of drug-likeness (QED) is 0.911. The first-order chi connectivity index (χ1) is 10.3. The smallest absolute Gasteiger partial charge is 0.272 e. The lowest BCUT2D eigenvalue weighted by molar-refractivity contribution is 0.0699. The fourth-order valence-corrected chi connectivity index (χ4v) is 2.69. The molecule has 1 amide bonds. The minimum atomic E-state index is -0.0277. The van der Waals surface area contributed by atoms with E-state index in [4.69, 9.17) is 5.26 Å². The van der Waals surface area contributed by atoms with Gasteiger partial charge in [0.15, 0.2) is 0 Å².